The van der Waals surface area contributed by atoms with Gasteiger partial charge >= 0.3 is 11.7 Å². The van der Waals surface area contributed by atoms with Gasteiger partial charge in [-0.1, -0.05) is 18.2 Å². The molecule has 1 aromatic carbocycles. The van der Waals surface area contributed by atoms with Gasteiger partial charge in [0.15, 0.2) is 5.41 Å². The SMILES string of the molecule is CCN1C(=O)N(C)C(=O)C2(Oc3c(c(=O)n(CC)c(=O)n3CC)C23C(=O)Nc2ccccc23)C1=O. The van der Waals surface area contributed by atoms with Gasteiger partial charge in [-0.3, -0.25) is 38.1 Å². The molecule has 0 radical (unpaired) electrons. The highest BCUT2D eigenvalue weighted by molar-refractivity contribution is 6.29. The Hall–Kier alpha value is -4.22. The molecule has 12 nitrogen and oxygen atoms in total. The average Bonchev–Trinajstić information content (AvgIpc) is 3.32. The highest BCUT2D eigenvalue weighted by Crippen LogP contribution is 2.58. The minimum Gasteiger partial charge on any atom is -0.449 e. The van der Waals surface area contributed by atoms with Crippen molar-refractivity contribution in [2.45, 2.75) is 44.9 Å². The molecule has 1 aromatic heterocycles. The van der Waals surface area contributed by atoms with Crippen molar-refractivity contribution in [2.24, 2.45) is 0 Å². The van der Waals surface area contributed by atoms with E-state index >= 15 is 0 Å². The number of rotatable bonds is 3. The first-order valence-corrected chi connectivity index (χ1v) is 11.3. The van der Waals surface area contributed by atoms with Gasteiger partial charge in [0, 0.05) is 37.9 Å². The number of carbonyl (C=O) groups excluding carboxylic acids is 4. The monoisotopic (exact) mass is 481 g/mol. The molecule has 3 aliphatic heterocycles. The number of imide groups is 2. The van der Waals surface area contributed by atoms with Crippen LogP contribution in [0.5, 0.6) is 5.88 Å². The van der Waals surface area contributed by atoms with Crippen LogP contribution in [-0.4, -0.2) is 61.9 Å². The zero-order valence-corrected chi connectivity index (χ0v) is 19.6. The quantitative estimate of drug-likeness (QED) is 0.602. The van der Waals surface area contributed by atoms with Crippen molar-refractivity contribution in [1.82, 2.24) is 18.9 Å². The summed E-state index contributed by atoms with van der Waals surface area (Å²) in [5, 5.41) is 2.68. The van der Waals surface area contributed by atoms with E-state index in [0.717, 1.165) is 14.0 Å². The maximum Gasteiger partial charge on any atom is 0.333 e. The lowest BCUT2D eigenvalue weighted by molar-refractivity contribution is -0.170. The minimum absolute atomic E-state index is 0.0152. The molecule has 0 saturated carbocycles. The maximum atomic E-state index is 14.0. The number of aromatic nitrogens is 2. The van der Waals surface area contributed by atoms with E-state index in [1.54, 1.807) is 32.0 Å². The lowest BCUT2D eigenvalue weighted by Crippen LogP contribution is -2.77. The van der Waals surface area contributed by atoms with Gasteiger partial charge in [-0.2, -0.15) is 0 Å². The number of likely N-dealkylation sites (N-methyl/N-ethyl adjacent to an activating group) is 2. The van der Waals surface area contributed by atoms with Crippen molar-refractivity contribution < 1.29 is 23.9 Å². The van der Waals surface area contributed by atoms with E-state index in [0.29, 0.717) is 4.90 Å². The van der Waals surface area contributed by atoms with E-state index in [9.17, 15) is 28.8 Å². The summed E-state index contributed by atoms with van der Waals surface area (Å²) in [5.74, 6) is -3.34. The predicted molar refractivity (Wildman–Crippen MR) is 121 cm³/mol. The molecular formula is C23H23N5O7. The van der Waals surface area contributed by atoms with Gasteiger partial charge in [0.05, 0.1) is 0 Å². The normalized spacial score (nSPS) is 24.8. The maximum absolute atomic E-state index is 14.0. The molecule has 5 rings (SSSR count). The molecule has 3 aliphatic rings. The van der Waals surface area contributed by atoms with Crippen molar-refractivity contribution in [1.29, 1.82) is 0 Å². The van der Waals surface area contributed by atoms with Gasteiger partial charge in [-0.15, -0.1) is 0 Å². The molecule has 2 atom stereocenters. The number of hydrogen-bond donors (Lipinski definition) is 1. The van der Waals surface area contributed by atoms with Gasteiger partial charge in [0.1, 0.15) is 5.56 Å². The first-order valence-electron chi connectivity index (χ1n) is 11.3. The summed E-state index contributed by atoms with van der Waals surface area (Å²) in [5.41, 5.74) is -6.30. The third kappa shape index (κ3) is 2.26. The third-order valence-electron chi connectivity index (χ3n) is 7.07. The summed E-state index contributed by atoms with van der Waals surface area (Å²) in [7, 11) is 1.18. The summed E-state index contributed by atoms with van der Waals surface area (Å²) in [4.78, 5) is 83.1. The second-order valence-electron chi connectivity index (χ2n) is 8.49. The van der Waals surface area contributed by atoms with Crippen LogP contribution in [0.25, 0.3) is 0 Å². The number of carbonyl (C=O) groups is 4. The summed E-state index contributed by atoms with van der Waals surface area (Å²) in [6.07, 6.45) is 0. The van der Waals surface area contributed by atoms with Crippen molar-refractivity contribution >= 4 is 29.4 Å². The number of nitrogens with zero attached hydrogens (tertiary/aromatic N) is 4. The Morgan fingerprint density at radius 1 is 0.886 bits per heavy atom. The number of para-hydroxylation sites is 1. The topological polar surface area (TPSA) is 140 Å². The van der Waals surface area contributed by atoms with Crippen LogP contribution < -0.4 is 21.3 Å². The Bertz CT molecular complexity index is 1470. The van der Waals surface area contributed by atoms with Crippen molar-refractivity contribution in [3.8, 4) is 5.88 Å². The van der Waals surface area contributed by atoms with E-state index in [-0.39, 0.29) is 42.3 Å². The summed E-state index contributed by atoms with van der Waals surface area (Å²) in [6.45, 7) is 4.67. The molecular weight excluding hydrogens is 458 g/mol. The second-order valence-corrected chi connectivity index (χ2v) is 8.49. The molecule has 35 heavy (non-hydrogen) atoms. The number of amides is 5. The van der Waals surface area contributed by atoms with Crippen molar-refractivity contribution in [3.05, 3.63) is 56.2 Å². The fourth-order valence-corrected chi connectivity index (χ4v) is 5.48. The number of barbiturate groups is 1. The van der Waals surface area contributed by atoms with Crippen LogP contribution >= 0.6 is 0 Å². The smallest absolute Gasteiger partial charge is 0.333 e. The Morgan fingerprint density at radius 2 is 1.54 bits per heavy atom. The molecule has 2 spiro atoms. The molecule has 0 bridgehead atoms. The fourth-order valence-electron chi connectivity index (χ4n) is 5.48. The average molecular weight is 481 g/mol. The molecule has 2 aromatic rings. The third-order valence-corrected chi connectivity index (χ3v) is 7.07. The van der Waals surface area contributed by atoms with Crippen molar-refractivity contribution in [2.75, 3.05) is 18.9 Å². The standard InChI is InChI=1S/C23H23N5O7/c1-5-26-15(29)14-16(27(6-2)21(26)34)35-23(18(31)25(4)20(33)28(7-3)19(23)32)22(14)12-10-8-9-11-13(12)24-17(22)30/h8-11H,5-7H2,1-4H3,(H,24,30). The fraction of sp³-hybridized carbons (Fsp3) is 0.391. The van der Waals surface area contributed by atoms with Gasteiger partial charge in [0.2, 0.25) is 11.8 Å². The number of hydrogen-bond acceptors (Lipinski definition) is 7. The molecule has 182 valence electrons. The van der Waals surface area contributed by atoms with Gasteiger partial charge in [-0.25, -0.2) is 9.59 Å². The largest absolute Gasteiger partial charge is 0.449 e. The van der Waals surface area contributed by atoms with Crippen LogP contribution in [0.15, 0.2) is 33.9 Å². The van der Waals surface area contributed by atoms with E-state index < -0.39 is 46.0 Å². The summed E-state index contributed by atoms with van der Waals surface area (Å²) < 4.78 is 8.17. The lowest BCUT2D eigenvalue weighted by atomic mass is 9.63. The first kappa shape index (κ1) is 22.6. The number of anilines is 1. The number of urea groups is 1. The van der Waals surface area contributed by atoms with Gasteiger partial charge in [-0.05, 0) is 26.8 Å². The van der Waals surface area contributed by atoms with Gasteiger partial charge < -0.3 is 10.1 Å². The molecule has 2 unspecified atom stereocenters. The van der Waals surface area contributed by atoms with Crippen LogP contribution in [-0.2, 0) is 32.9 Å². The first-order chi connectivity index (χ1) is 16.6. The van der Waals surface area contributed by atoms with Crippen LogP contribution in [0.3, 0.4) is 0 Å². The highest BCUT2D eigenvalue weighted by atomic mass is 16.5. The highest BCUT2D eigenvalue weighted by Gasteiger charge is 2.80. The summed E-state index contributed by atoms with van der Waals surface area (Å²) >= 11 is 0. The van der Waals surface area contributed by atoms with E-state index in [2.05, 4.69) is 5.32 Å². The Labute approximate surface area is 198 Å². The van der Waals surface area contributed by atoms with E-state index in [1.165, 1.54) is 20.0 Å². The molecule has 1 saturated heterocycles. The molecule has 4 heterocycles. The summed E-state index contributed by atoms with van der Waals surface area (Å²) in [6, 6.07) is 5.47. The molecule has 12 heteroatoms. The van der Waals surface area contributed by atoms with E-state index in [1.807, 2.05) is 0 Å². The van der Waals surface area contributed by atoms with Crippen LogP contribution in [0, 0.1) is 0 Å². The lowest BCUT2D eigenvalue weighted by Gasteiger charge is -2.45. The van der Waals surface area contributed by atoms with E-state index in [4.69, 9.17) is 4.74 Å². The minimum atomic E-state index is -2.65. The Morgan fingerprint density at radius 3 is 2.17 bits per heavy atom. The van der Waals surface area contributed by atoms with Crippen molar-refractivity contribution in [3.63, 3.8) is 0 Å². The Balaban J connectivity index is 2.03. The van der Waals surface area contributed by atoms with Gasteiger partial charge in [0.25, 0.3) is 23.0 Å². The molecule has 5 amide bonds. The number of fused-ring (bicyclic) bond motifs is 5. The van der Waals surface area contributed by atoms with Crippen LogP contribution in [0.4, 0.5) is 10.5 Å². The molecule has 1 N–H and O–H groups in total. The molecule has 0 aliphatic carbocycles. The number of ether oxygens (including phenoxy) is 1. The Kier molecular flexibility index (Phi) is 4.60. The zero-order chi connectivity index (χ0) is 25.4. The number of benzene rings is 1. The molecule has 1 fully saturated rings. The predicted octanol–water partition coefficient (Wildman–Crippen LogP) is -0.140. The zero-order valence-electron chi connectivity index (χ0n) is 19.6. The second kappa shape index (κ2) is 7.14. The number of nitrogens with one attached hydrogen (secondary N) is 1. The van der Waals surface area contributed by atoms with Crippen LogP contribution in [0.2, 0.25) is 0 Å². The van der Waals surface area contributed by atoms with Crippen LogP contribution in [0.1, 0.15) is 31.9 Å².